The summed E-state index contributed by atoms with van der Waals surface area (Å²) in [5, 5.41) is 8.70. The van der Waals surface area contributed by atoms with Crippen molar-refractivity contribution in [2.45, 2.75) is 25.7 Å². The molecule has 3 aromatic heterocycles. The smallest absolute Gasteiger partial charge is 0.255 e. The number of carbonyl (C=O) groups is 1. The van der Waals surface area contributed by atoms with Crippen molar-refractivity contribution in [3.63, 3.8) is 0 Å². The topological polar surface area (TPSA) is 79.7 Å². The lowest BCUT2D eigenvalue weighted by Crippen LogP contribution is -2.42. The number of likely N-dealkylation sites (tertiary alicyclic amines) is 1. The van der Waals surface area contributed by atoms with Crippen LogP contribution in [0.4, 0.5) is 8.78 Å². The molecular formula is C22H20F2N6O. The summed E-state index contributed by atoms with van der Waals surface area (Å²) in [6.45, 7) is 2.08. The van der Waals surface area contributed by atoms with Crippen LogP contribution in [0.25, 0.3) is 28.1 Å². The van der Waals surface area contributed by atoms with Crippen molar-refractivity contribution >= 4 is 16.9 Å². The van der Waals surface area contributed by atoms with Gasteiger partial charge in [0.25, 0.3) is 11.8 Å². The van der Waals surface area contributed by atoms with Crippen molar-refractivity contribution in [3.05, 3.63) is 60.2 Å². The Morgan fingerprint density at radius 2 is 1.97 bits per heavy atom. The first-order valence-electron chi connectivity index (χ1n) is 10.0. The zero-order valence-corrected chi connectivity index (χ0v) is 16.8. The highest BCUT2D eigenvalue weighted by Crippen LogP contribution is 2.29. The van der Waals surface area contributed by atoms with E-state index in [2.05, 4.69) is 20.2 Å². The molecule has 1 aromatic carbocycles. The first kappa shape index (κ1) is 19.3. The highest BCUT2D eigenvalue weighted by atomic mass is 19.3. The molecule has 0 unspecified atom stereocenters. The molecule has 4 heterocycles. The van der Waals surface area contributed by atoms with Crippen molar-refractivity contribution in [3.8, 4) is 17.1 Å². The lowest BCUT2D eigenvalue weighted by molar-refractivity contribution is -0.0494. The number of nitrogens with one attached hydrogen (secondary N) is 1. The number of nitrogens with zero attached hydrogens (tertiary/aromatic N) is 5. The Morgan fingerprint density at radius 1 is 1.16 bits per heavy atom. The molecule has 4 aromatic rings. The van der Waals surface area contributed by atoms with Crippen molar-refractivity contribution in [2.75, 3.05) is 13.1 Å². The summed E-state index contributed by atoms with van der Waals surface area (Å²) in [5.74, 6) is -2.28. The lowest BCUT2D eigenvalue weighted by Gasteiger charge is -2.31. The minimum absolute atomic E-state index is 0.0539. The van der Waals surface area contributed by atoms with Crippen LogP contribution >= 0.6 is 0 Å². The number of alkyl halides is 2. The summed E-state index contributed by atoms with van der Waals surface area (Å²) in [7, 11) is 0. The Bertz CT molecular complexity index is 1250. The van der Waals surface area contributed by atoms with Crippen LogP contribution in [0.2, 0.25) is 0 Å². The van der Waals surface area contributed by atoms with E-state index in [1.54, 1.807) is 6.07 Å². The minimum atomic E-state index is -2.69. The molecule has 0 spiro atoms. The first-order chi connectivity index (χ1) is 14.9. The van der Waals surface area contributed by atoms with Gasteiger partial charge >= 0.3 is 0 Å². The fourth-order valence-electron chi connectivity index (χ4n) is 4.03. The number of aromatic amines is 1. The summed E-state index contributed by atoms with van der Waals surface area (Å²) in [4.78, 5) is 21.8. The summed E-state index contributed by atoms with van der Waals surface area (Å²) >= 11 is 0. The Hall–Kier alpha value is -3.62. The molecule has 1 fully saturated rings. The Kier molecular flexibility index (Phi) is 4.53. The molecule has 158 valence electrons. The quantitative estimate of drug-likeness (QED) is 0.541. The zero-order valence-electron chi connectivity index (χ0n) is 16.8. The molecule has 0 saturated carbocycles. The minimum Gasteiger partial charge on any atom is -0.338 e. The second kappa shape index (κ2) is 7.26. The predicted octanol–water partition coefficient (Wildman–Crippen LogP) is 3.99. The van der Waals surface area contributed by atoms with Crippen LogP contribution in [0, 0.1) is 6.92 Å². The van der Waals surface area contributed by atoms with Crippen LogP contribution in [0.5, 0.6) is 0 Å². The van der Waals surface area contributed by atoms with E-state index >= 15 is 0 Å². The third-order valence-corrected chi connectivity index (χ3v) is 5.65. The number of rotatable bonds is 3. The largest absolute Gasteiger partial charge is 0.338 e. The number of pyridine rings is 1. The molecule has 1 aliphatic rings. The molecule has 5 rings (SSSR count). The van der Waals surface area contributed by atoms with E-state index in [1.807, 2.05) is 41.8 Å². The normalized spacial score (nSPS) is 16.0. The van der Waals surface area contributed by atoms with Crippen molar-refractivity contribution in [2.24, 2.45) is 0 Å². The van der Waals surface area contributed by atoms with Gasteiger partial charge in [0.05, 0.1) is 5.56 Å². The number of carbonyl (C=O) groups excluding carboxylic acids is 1. The molecule has 1 saturated heterocycles. The number of aromatic nitrogens is 5. The van der Waals surface area contributed by atoms with Gasteiger partial charge in [-0.3, -0.25) is 9.36 Å². The number of amides is 1. The van der Waals surface area contributed by atoms with Gasteiger partial charge in [0.15, 0.2) is 5.82 Å². The van der Waals surface area contributed by atoms with Crippen LogP contribution < -0.4 is 0 Å². The highest BCUT2D eigenvalue weighted by molar-refractivity contribution is 5.97. The van der Waals surface area contributed by atoms with E-state index in [9.17, 15) is 13.6 Å². The maximum absolute atomic E-state index is 13.4. The van der Waals surface area contributed by atoms with E-state index in [-0.39, 0.29) is 31.8 Å². The van der Waals surface area contributed by atoms with Crippen LogP contribution in [0.1, 0.15) is 28.9 Å². The number of piperidine rings is 1. The number of hydrogen-bond acceptors (Lipinski definition) is 4. The molecule has 0 aliphatic carbocycles. The van der Waals surface area contributed by atoms with Gasteiger partial charge in [-0.15, -0.1) is 10.2 Å². The maximum Gasteiger partial charge on any atom is 0.255 e. The molecule has 1 aliphatic heterocycles. The summed E-state index contributed by atoms with van der Waals surface area (Å²) in [6, 6.07) is 11.6. The third kappa shape index (κ3) is 3.56. The molecule has 0 radical (unpaired) electrons. The molecule has 1 N–H and O–H groups in total. The summed E-state index contributed by atoms with van der Waals surface area (Å²) in [5.41, 5.74) is 3.88. The van der Waals surface area contributed by atoms with E-state index < -0.39 is 5.92 Å². The van der Waals surface area contributed by atoms with Crippen molar-refractivity contribution in [1.29, 1.82) is 0 Å². The van der Waals surface area contributed by atoms with Gasteiger partial charge in [-0.25, -0.2) is 13.8 Å². The Morgan fingerprint density at radius 3 is 2.71 bits per heavy atom. The average molecular weight is 422 g/mol. The first-order valence-corrected chi connectivity index (χ1v) is 10.0. The van der Waals surface area contributed by atoms with Gasteiger partial charge in [0.2, 0.25) is 0 Å². The number of fused-ring (bicyclic) bond motifs is 1. The molecule has 0 atom stereocenters. The van der Waals surface area contributed by atoms with E-state index in [1.165, 1.54) is 17.4 Å². The number of hydrogen-bond donors (Lipinski definition) is 1. The maximum atomic E-state index is 13.4. The second-order valence-electron chi connectivity index (χ2n) is 7.79. The monoisotopic (exact) mass is 422 g/mol. The number of benzene rings is 1. The second-order valence-corrected chi connectivity index (χ2v) is 7.79. The Labute approximate surface area is 176 Å². The SMILES string of the molecule is Cc1cc2cc(C(=O)N3CCC(F)(F)CC3)cnc2n1-c1cccc(-c2nnc[nH]2)c1. The molecular weight excluding hydrogens is 402 g/mol. The molecule has 1 amide bonds. The van der Waals surface area contributed by atoms with Gasteiger partial charge in [0, 0.05) is 54.5 Å². The molecule has 31 heavy (non-hydrogen) atoms. The third-order valence-electron chi connectivity index (χ3n) is 5.65. The standard InChI is InChI=1S/C22H20F2N6O/c1-14-9-16-10-17(21(31)29-7-5-22(23,24)6-8-29)12-25-20(16)30(14)18-4-2-3-15(11-18)19-26-13-27-28-19/h2-4,9-13H,5-8H2,1H3,(H,26,27,28). The van der Waals surface area contributed by atoms with Gasteiger partial charge < -0.3 is 9.88 Å². The highest BCUT2D eigenvalue weighted by Gasteiger charge is 2.35. The number of H-pyrrole nitrogens is 1. The van der Waals surface area contributed by atoms with Crippen molar-refractivity contribution in [1.82, 2.24) is 29.6 Å². The van der Waals surface area contributed by atoms with E-state index in [0.29, 0.717) is 17.0 Å². The van der Waals surface area contributed by atoms with E-state index in [4.69, 9.17) is 0 Å². The van der Waals surface area contributed by atoms with Gasteiger partial charge in [-0.2, -0.15) is 0 Å². The van der Waals surface area contributed by atoms with Gasteiger partial charge in [0.1, 0.15) is 12.0 Å². The molecule has 0 bridgehead atoms. The van der Waals surface area contributed by atoms with Crippen LogP contribution in [0.3, 0.4) is 0 Å². The average Bonchev–Trinajstić information content (AvgIpc) is 3.40. The summed E-state index contributed by atoms with van der Waals surface area (Å²) in [6.07, 6.45) is 2.45. The van der Waals surface area contributed by atoms with Gasteiger partial charge in [-0.05, 0) is 31.2 Å². The predicted molar refractivity (Wildman–Crippen MR) is 111 cm³/mol. The lowest BCUT2D eigenvalue weighted by atomic mass is 10.1. The van der Waals surface area contributed by atoms with Crippen molar-refractivity contribution < 1.29 is 13.6 Å². The van der Waals surface area contributed by atoms with Crippen LogP contribution in [0.15, 0.2) is 48.9 Å². The van der Waals surface area contributed by atoms with Crippen LogP contribution in [-0.4, -0.2) is 54.6 Å². The molecule has 9 heteroatoms. The fourth-order valence-corrected chi connectivity index (χ4v) is 4.03. The molecule has 7 nitrogen and oxygen atoms in total. The Balaban J connectivity index is 1.48. The number of halogens is 2. The van der Waals surface area contributed by atoms with Gasteiger partial charge in [-0.1, -0.05) is 12.1 Å². The van der Waals surface area contributed by atoms with Crippen LogP contribution in [-0.2, 0) is 0 Å². The summed E-state index contributed by atoms with van der Waals surface area (Å²) < 4.78 is 28.8. The number of aryl methyl sites for hydroxylation is 1. The van der Waals surface area contributed by atoms with E-state index in [0.717, 1.165) is 22.3 Å². The fraction of sp³-hybridized carbons (Fsp3) is 0.273. The zero-order chi connectivity index (χ0) is 21.6.